The molecule has 0 saturated heterocycles. The van der Waals surface area contributed by atoms with Gasteiger partial charge in [-0.2, -0.15) is 4.98 Å². The van der Waals surface area contributed by atoms with Gasteiger partial charge in [-0.25, -0.2) is 0 Å². The van der Waals surface area contributed by atoms with E-state index in [4.69, 9.17) is 27.6 Å². The van der Waals surface area contributed by atoms with Crippen LogP contribution in [0.5, 0.6) is 0 Å². The predicted octanol–water partition coefficient (Wildman–Crippen LogP) is 1.07. The van der Waals surface area contributed by atoms with Gasteiger partial charge >= 0.3 is 0 Å². The number of nitrogen functional groups attached to an aromatic ring is 1. The van der Waals surface area contributed by atoms with Crippen molar-refractivity contribution in [1.29, 1.82) is 0 Å². The molecule has 0 spiro atoms. The first kappa shape index (κ1) is 10.4. The van der Waals surface area contributed by atoms with Gasteiger partial charge in [0.25, 0.3) is 17.6 Å². The maximum atomic E-state index is 10.8. The van der Waals surface area contributed by atoms with Crippen molar-refractivity contribution in [3.05, 3.63) is 29.0 Å². The Labute approximate surface area is 95.2 Å². The predicted molar refractivity (Wildman–Crippen MR) is 57.7 cm³/mol. The lowest BCUT2D eigenvalue weighted by Gasteiger charge is -2.01. The molecule has 0 aliphatic heterocycles. The SMILES string of the molecule is NC(=O)c1noc(-c2c(N)cccc2Cl)n1. The van der Waals surface area contributed by atoms with E-state index >= 15 is 0 Å². The third-order valence-electron chi connectivity index (χ3n) is 1.91. The van der Waals surface area contributed by atoms with E-state index in [2.05, 4.69) is 10.1 Å². The summed E-state index contributed by atoms with van der Waals surface area (Å²) in [4.78, 5) is 14.6. The van der Waals surface area contributed by atoms with E-state index < -0.39 is 5.91 Å². The summed E-state index contributed by atoms with van der Waals surface area (Å²) in [5.41, 5.74) is 11.5. The fourth-order valence-electron chi connectivity index (χ4n) is 1.19. The third kappa shape index (κ3) is 1.70. The molecule has 1 amide bonds. The molecule has 82 valence electrons. The molecule has 0 bridgehead atoms. The van der Waals surface area contributed by atoms with Gasteiger partial charge in [0.15, 0.2) is 0 Å². The number of nitrogens with two attached hydrogens (primary N) is 2. The maximum Gasteiger partial charge on any atom is 0.290 e. The smallest absolute Gasteiger partial charge is 0.290 e. The number of anilines is 1. The fraction of sp³-hybridized carbons (Fsp3) is 0. The summed E-state index contributed by atoms with van der Waals surface area (Å²) < 4.78 is 4.85. The number of hydrogen-bond acceptors (Lipinski definition) is 5. The summed E-state index contributed by atoms with van der Waals surface area (Å²) in [5, 5.41) is 3.76. The van der Waals surface area contributed by atoms with Crippen LogP contribution in [0.4, 0.5) is 5.69 Å². The molecule has 1 heterocycles. The van der Waals surface area contributed by atoms with Gasteiger partial charge in [-0.3, -0.25) is 4.79 Å². The zero-order valence-corrected chi connectivity index (χ0v) is 8.73. The summed E-state index contributed by atoms with van der Waals surface area (Å²) in [6, 6.07) is 4.95. The number of halogens is 1. The zero-order chi connectivity index (χ0) is 11.7. The van der Waals surface area contributed by atoms with Gasteiger partial charge in [0.05, 0.1) is 10.6 Å². The number of carbonyl (C=O) groups excluding carboxylic acids is 1. The Hall–Kier alpha value is -2.08. The van der Waals surface area contributed by atoms with Gasteiger partial charge in [0, 0.05) is 5.69 Å². The molecule has 0 unspecified atom stereocenters. The molecule has 0 aliphatic rings. The van der Waals surface area contributed by atoms with E-state index in [1.807, 2.05) is 0 Å². The molecule has 4 N–H and O–H groups in total. The number of aromatic nitrogens is 2. The Morgan fingerprint density at radius 2 is 2.19 bits per heavy atom. The average Bonchev–Trinajstić information content (AvgIpc) is 2.66. The second kappa shape index (κ2) is 3.82. The molecule has 2 aromatic rings. The fourth-order valence-corrected chi connectivity index (χ4v) is 1.45. The first-order valence-electron chi connectivity index (χ1n) is 4.27. The Bertz CT molecular complexity index is 532. The Balaban J connectivity index is 2.54. The normalized spacial score (nSPS) is 10.3. The van der Waals surface area contributed by atoms with E-state index in [1.54, 1.807) is 18.2 Å². The van der Waals surface area contributed by atoms with Gasteiger partial charge in [-0.1, -0.05) is 22.8 Å². The Morgan fingerprint density at radius 3 is 2.75 bits per heavy atom. The highest BCUT2D eigenvalue weighted by atomic mass is 35.5. The lowest BCUT2D eigenvalue weighted by molar-refractivity contribution is 0.0987. The van der Waals surface area contributed by atoms with Crippen molar-refractivity contribution in [2.45, 2.75) is 0 Å². The molecule has 1 aromatic heterocycles. The molecule has 16 heavy (non-hydrogen) atoms. The molecule has 2 rings (SSSR count). The lowest BCUT2D eigenvalue weighted by Crippen LogP contribution is -2.12. The van der Waals surface area contributed by atoms with Crippen molar-refractivity contribution >= 4 is 23.2 Å². The number of hydrogen-bond donors (Lipinski definition) is 2. The molecule has 7 heteroatoms. The van der Waals surface area contributed by atoms with Crippen molar-refractivity contribution in [3.8, 4) is 11.5 Å². The van der Waals surface area contributed by atoms with Crippen LogP contribution in [-0.4, -0.2) is 16.0 Å². The summed E-state index contributed by atoms with van der Waals surface area (Å²) in [6.45, 7) is 0. The topological polar surface area (TPSA) is 108 Å². The standard InChI is InChI=1S/C9H7ClN4O2/c10-4-2-1-3-5(11)6(4)9-13-8(7(12)15)14-16-9/h1-3H,11H2,(H2,12,15). The van der Waals surface area contributed by atoms with E-state index in [0.717, 1.165) is 0 Å². The van der Waals surface area contributed by atoms with Crippen LogP contribution in [0.1, 0.15) is 10.6 Å². The minimum absolute atomic E-state index is 0.0666. The third-order valence-corrected chi connectivity index (χ3v) is 2.22. The van der Waals surface area contributed by atoms with Gasteiger partial charge in [-0.15, -0.1) is 0 Å². The van der Waals surface area contributed by atoms with Crippen LogP contribution < -0.4 is 11.5 Å². The summed E-state index contributed by atoms with van der Waals surface area (Å²) >= 11 is 5.93. The van der Waals surface area contributed by atoms with E-state index in [0.29, 0.717) is 16.3 Å². The van der Waals surface area contributed by atoms with Crippen molar-refractivity contribution in [2.75, 3.05) is 5.73 Å². The molecule has 1 aromatic carbocycles. The first-order valence-corrected chi connectivity index (χ1v) is 4.65. The van der Waals surface area contributed by atoms with Crippen molar-refractivity contribution in [1.82, 2.24) is 10.1 Å². The highest BCUT2D eigenvalue weighted by Crippen LogP contribution is 2.31. The van der Waals surface area contributed by atoms with Gasteiger partial charge in [-0.05, 0) is 12.1 Å². The second-order valence-corrected chi connectivity index (χ2v) is 3.40. The molecule has 0 saturated carbocycles. The van der Waals surface area contributed by atoms with Crippen LogP contribution in [0.2, 0.25) is 5.02 Å². The van der Waals surface area contributed by atoms with E-state index in [9.17, 15) is 4.79 Å². The van der Waals surface area contributed by atoms with Crippen molar-refractivity contribution in [3.63, 3.8) is 0 Å². The van der Waals surface area contributed by atoms with Crippen molar-refractivity contribution < 1.29 is 9.32 Å². The molecular weight excluding hydrogens is 232 g/mol. The minimum atomic E-state index is -0.777. The van der Waals surface area contributed by atoms with Crippen LogP contribution in [-0.2, 0) is 0 Å². The number of primary amides is 1. The van der Waals surface area contributed by atoms with Crippen LogP contribution in [0, 0.1) is 0 Å². The molecule has 0 radical (unpaired) electrons. The minimum Gasteiger partial charge on any atom is -0.398 e. The van der Waals surface area contributed by atoms with Crippen LogP contribution in [0.25, 0.3) is 11.5 Å². The molecule has 0 atom stereocenters. The van der Waals surface area contributed by atoms with Crippen LogP contribution in [0.3, 0.4) is 0 Å². The monoisotopic (exact) mass is 238 g/mol. The number of nitrogens with zero attached hydrogens (tertiary/aromatic N) is 2. The molecule has 6 nitrogen and oxygen atoms in total. The maximum absolute atomic E-state index is 10.8. The number of carbonyl (C=O) groups is 1. The number of amides is 1. The quantitative estimate of drug-likeness (QED) is 0.761. The van der Waals surface area contributed by atoms with Crippen LogP contribution in [0.15, 0.2) is 22.7 Å². The van der Waals surface area contributed by atoms with Crippen LogP contribution >= 0.6 is 11.6 Å². The summed E-state index contributed by atoms with van der Waals surface area (Å²) in [7, 11) is 0. The summed E-state index contributed by atoms with van der Waals surface area (Å²) in [6.07, 6.45) is 0. The molecular formula is C9H7ClN4O2. The van der Waals surface area contributed by atoms with Gasteiger partial charge < -0.3 is 16.0 Å². The molecule has 0 aliphatic carbocycles. The highest BCUT2D eigenvalue weighted by Gasteiger charge is 2.17. The largest absolute Gasteiger partial charge is 0.398 e. The molecule has 0 fully saturated rings. The highest BCUT2D eigenvalue weighted by molar-refractivity contribution is 6.33. The van der Waals surface area contributed by atoms with Crippen molar-refractivity contribution in [2.24, 2.45) is 5.73 Å². The summed E-state index contributed by atoms with van der Waals surface area (Å²) in [5.74, 6) is -0.924. The van der Waals surface area contributed by atoms with Gasteiger partial charge in [0.2, 0.25) is 0 Å². The zero-order valence-electron chi connectivity index (χ0n) is 7.98. The number of benzene rings is 1. The Morgan fingerprint density at radius 1 is 1.44 bits per heavy atom. The Kier molecular flexibility index (Phi) is 2.49. The van der Waals surface area contributed by atoms with E-state index in [-0.39, 0.29) is 11.7 Å². The lowest BCUT2D eigenvalue weighted by atomic mass is 10.2. The van der Waals surface area contributed by atoms with Gasteiger partial charge in [0.1, 0.15) is 0 Å². The van der Waals surface area contributed by atoms with E-state index in [1.165, 1.54) is 0 Å². The second-order valence-electron chi connectivity index (χ2n) is 2.99. The number of rotatable bonds is 2. The average molecular weight is 239 g/mol. The first-order chi connectivity index (χ1) is 7.59.